The van der Waals surface area contributed by atoms with Crippen molar-refractivity contribution in [1.82, 2.24) is 10.6 Å². The minimum absolute atomic E-state index is 0.198. The first-order valence-electron chi connectivity index (χ1n) is 8.42. The molecule has 0 heterocycles. The van der Waals surface area contributed by atoms with Gasteiger partial charge in [-0.15, -0.1) is 0 Å². The molecule has 0 radical (unpaired) electrons. The Hall–Kier alpha value is -2.37. The zero-order valence-electron chi connectivity index (χ0n) is 14.2. The van der Waals surface area contributed by atoms with Crippen molar-refractivity contribution in [1.29, 1.82) is 0 Å². The summed E-state index contributed by atoms with van der Waals surface area (Å²) in [5, 5.41) is 5.35. The summed E-state index contributed by atoms with van der Waals surface area (Å²) in [7, 11) is 0. The van der Waals surface area contributed by atoms with E-state index in [0.717, 1.165) is 24.8 Å². The number of nitrogens with two attached hydrogens (primary N) is 1. The summed E-state index contributed by atoms with van der Waals surface area (Å²) in [4.78, 5) is 35.2. The number of hydrogen-bond donors (Lipinski definition) is 3. The number of unbranched alkanes of at least 4 members (excludes halogenated alkanes) is 2. The average molecular weight is 333 g/mol. The fourth-order valence-corrected chi connectivity index (χ4v) is 2.31. The van der Waals surface area contributed by atoms with Gasteiger partial charge in [-0.1, -0.05) is 50.1 Å². The molecule has 0 aromatic heterocycles. The van der Waals surface area contributed by atoms with Crippen LogP contribution in [0.1, 0.15) is 44.6 Å². The summed E-state index contributed by atoms with van der Waals surface area (Å²) >= 11 is 0. The van der Waals surface area contributed by atoms with Crippen LogP contribution in [0.4, 0.5) is 0 Å². The predicted octanol–water partition coefficient (Wildman–Crippen LogP) is 1.29. The first-order valence-corrected chi connectivity index (χ1v) is 8.42. The Morgan fingerprint density at radius 3 is 2.46 bits per heavy atom. The van der Waals surface area contributed by atoms with Crippen LogP contribution >= 0.6 is 0 Å². The predicted molar refractivity (Wildman–Crippen MR) is 93.0 cm³/mol. The summed E-state index contributed by atoms with van der Waals surface area (Å²) in [6, 6.07) is 8.84. The highest BCUT2D eigenvalue weighted by molar-refractivity contribution is 5.91. The third kappa shape index (κ3) is 8.31. The molecule has 0 aliphatic heterocycles. The number of nitrogens with one attached hydrogen (secondary N) is 2. The smallest absolute Gasteiger partial charge is 0.243 e. The number of amides is 3. The first-order chi connectivity index (χ1) is 11.5. The van der Waals surface area contributed by atoms with E-state index in [4.69, 9.17) is 5.73 Å². The van der Waals surface area contributed by atoms with E-state index >= 15 is 0 Å². The second-order valence-electron chi connectivity index (χ2n) is 5.77. The van der Waals surface area contributed by atoms with Gasteiger partial charge in [0.1, 0.15) is 6.04 Å². The van der Waals surface area contributed by atoms with Gasteiger partial charge in [0.05, 0.1) is 6.42 Å². The van der Waals surface area contributed by atoms with Gasteiger partial charge in [-0.2, -0.15) is 0 Å². The van der Waals surface area contributed by atoms with Gasteiger partial charge in [0.2, 0.25) is 17.7 Å². The highest BCUT2D eigenvalue weighted by atomic mass is 16.2. The van der Waals surface area contributed by atoms with Crippen molar-refractivity contribution >= 4 is 17.7 Å². The minimum atomic E-state index is -0.910. The van der Waals surface area contributed by atoms with Crippen LogP contribution < -0.4 is 16.4 Å². The van der Waals surface area contributed by atoms with Crippen LogP contribution in [0.5, 0.6) is 0 Å². The number of rotatable bonds is 11. The Kier molecular flexibility index (Phi) is 9.19. The van der Waals surface area contributed by atoms with E-state index in [-0.39, 0.29) is 18.2 Å². The van der Waals surface area contributed by atoms with E-state index in [9.17, 15) is 14.4 Å². The van der Waals surface area contributed by atoms with Crippen LogP contribution in [-0.2, 0) is 20.8 Å². The summed E-state index contributed by atoms with van der Waals surface area (Å²) in [6.07, 6.45) is 3.56. The maximum Gasteiger partial charge on any atom is 0.243 e. The monoisotopic (exact) mass is 333 g/mol. The van der Waals surface area contributed by atoms with Crippen molar-refractivity contribution in [2.75, 3.05) is 6.54 Å². The van der Waals surface area contributed by atoms with Crippen LogP contribution in [0.15, 0.2) is 30.3 Å². The summed E-state index contributed by atoms with van der Waals surface area (Å²) in [5.74, 6) is -1.23. The van der Waals surface area contributed by atoms with Crippen LogP contribution in [-0.4, -0.2) is 30.3 Å². The van der Waals surface area contributed by atoms with Gasteiger partial charge in [-0.3, -0.25) is 14.4 Å². The normalized spacial score (nSPS) is 11.5. The van der Waals surface area contributed by atoms with Crippen molar-refractivity contribution in [2.24, 2.45) is 5.73 Å². The molecule has 6 nitrogen and oxygen atoms in total. The zero-order valence-corrected chi connectivity index (χ0v) is 14.2. The molecule has 3 amide bonds. The minimum Gasteiger partial charge on any atom is -0.370 e. The van der Waals surface area contributed by atoms with Gasteiger partial charge in [0, 0.05) is 13.0 Å². The van der Waals surface area contributed by atoms with E-state index in [1.807, 2.05) is 37.3 Å². The zero-order chi connectivity index (χ0) is 17.8. The molecule has 6 heteroatoms. The molecular formula is C18H27N3O3. The van der Waals surface area contributed by atoms with Crippen molar-refractivity contribution in [3.05, 3.63) is 35.9 Å². The topological polar surface area (TPSA) is 101 Å². The van der Waals surface area contributed by atoms with Gasteiger partial charge in [-0.05, 0) is 18.4 Å². The lowest BCUT2D eigenvalue weighted by Crippen LogP contribution is -2.48. The maximum absolute atomic E-state index is 12.2. The average Bonchev–Trinajstić information content (AvgIpc) is 2.55. The number of hydrogen-bond acceptors (Lipinski definition) is 3. The second kappa shape index (κ2) is 11.2. The molecule has 0 unspecified atom stereocenters. The highest BCUT2D eigenvalue weighted by Gasteiger charge is 2.22. The fourth-order valence-electron chi connectivity index (χ4n) is 2.31. The van der Waals surface area contributed by atoms with Gasteiger partial charge in [-0.25, -0.2) is 0 Å². The number of carbonyl (C=O) groups is 3. The van der Waals surface area contributed by atoms with Crippen molar-refractivity contribution < 1.29 is 14.4 Å². The van der Waals surface area contributed by atoms with E-state index in [1.54, 1.807) is 0 Å². The molecule has 1 aromatic carbocycles. The van der Waals surface area contributed by atoms with Crippen molar-refractivity contribution in [3.63, 3.8) is 0 Å². The SMILES string of the molecule is CCCCCC(=O)N[C@H](CC(N)=O)C(=O)NCCc1ccccc1. The number of primary amides is 1. The highest BCUT2D eigenvalue weighted by Crippen LogP contribution is 2.01. The molecule has 1 rings (SSSR count). The molecule has 0 saturated carbocycles. The summed E-state index contributed by atoms with van der Waals surface area (Å²) in [5.41, 5.74) is 6.28. The van der Waals surface area contributed by atoms with E-state index in [2.05, 4.69) is 10.6 Å². The molecule has 0 fully saturated rings. The van der Waals surface area contributed by atoms with Crippen molar-refractivity contribution in [2.45, 2.75) is 51.5 Å². The molecule has 0 saturated heterocycles. The molecule has 24 heavy (non-hydrogen) atoms. The Morgan fingerprint density at radius 2 is 1.83 bits per heavy atom. The van der Waals surface area contributed by atoms with E-state index in [1.165, 1.54) is 0 Å². The lowest BCUT2D eigenvalue weighted by Gasteiger charge is -2.17. The molecule has 0 bridgehead atoms. The van der Waals surface area contributed by atoms with Crippen LogP contribution in [0, 0.1) is 0 Å². The Bertz CT molecular complexity index is 532. The van der Waals surface area contributed by atoms with Gasteiger partial charge < -0.3 is 16.4 Å². The van der Waals surface area contributed by atoms with Gasteiger partial charge in [0.25, 0.3) is 0 Å². The molecular weight excluding hydrogens is 306 g/mol. The number of carbonyl (C=O) groups excluding carboxylic acids is 3. The molecule has 0 aliphatic rings. The molecule has 0 spiro atoms. The molecule has 4 N–H and O–H groups in total. The third-order valence-electron chi connectivity index (χ3n) is 3.62. The quantitative estimate of drug-likeness (QED) is 0.532. The van der Waals surface area contributed by atoms with Gasteiger partial charge >= 0.3 is 0 Å². The van der Waals surface area contributed by atoms with E-state index < -0.39 is 11.9 Å². The second-order valence-corrected chi connectivity index (χ2v) is 5.77. The summed E-state index contributed by atoms with van der Waals surface area (Å²) < 4.78 is 0. The maximum atomic E-state index is 12.2. The molecule has 1 aromatic rings. The summed E-state index contributed by atoms with van der Waals surface area (Å²) in [6.45, 7) is 2.48. The molecule has 1 atom stereocenters. The first kappa shape index (κ1) is 19.7. The number of benzene rings is 1. The largest absolute Gasteiger partial charge is 0.370 e. The Balaban J connectivity index is 2.45. The van der Waals surface area contributed by atoms with Crippen LogP contribution in [0.25, 0.3) is 0 Å². The molecule has 132 valence electrons. The van der Waals surface area contributed by atoms with E-state index in [0.29, 0.717) is 19.4 Å². The van der Waals surface area contributed by atoms with Crippen molar-refractivity contribution in [3.8, 4) is 0 Å². The molecule has 0 aliphatic carbocycles. The lowest BCUT2D eigenvalue weighted by atomic mass is 10.1. The third-order valence-corrected chi connectivity index (χ3v) is 3.62. The van der Waals surface area contributed by atoms with Crippen LogP contribution in [0.2, 0.25) is 0 Å². The van der Waals surface area contributed by atoms with Crippen LogP contribution in [0.3, 0.4) is 0 Å². The standard InChI is InChI=1S/C18H27N3O3/c1-2-3-5-10-17(23)21-15(13-16(19)22)18(24)20-12-11-14-8-6-4-7-9-14/h4,6-9,15H,2-3,5,10-13H2,1H3,(H2,19,22)(H,20,24)(H,21,23)/t15-/m1/s1. The lowest BCUT2D eigenvalue weighted by molar-refractivity contribution is -0.131. The fraction of sp³-hybridized carbons (Fsp3) is 0.500. The Labute approximate surface area is 143 Å². The Morgan fingerprint density at radius 1 is 1.12 bits per heavy atom. The van der Waals surface area contributed by atoms with Gasteiger partial charge in [0.15, 0.2) is 0 Å².